The molecule has 0 aliphatic rings. The van der Waals surface area contributed by atoms with Crippen LogP contribution in [-0.4, -0.2) is 21.4 Å². The molecule has 3 N–H and O–H groups in total. The van der Waals surface area contributed by atoms with Gasteiger partial charge in [0.1, 0.15) is 11.8 Å². The molecule has 0 saturated heterocycles. The summed E-state index contributed by atoms with van der Waals surface area (Å²) in [6, 6.07) is 17.4. The molecule has 0 spiro atoms. The highest BCUT2D eigenvalue weighted by Crippen LogP contribution is 2.25. The maximum Gasteiger partial charge on any atom is 0.111 e. The number of hydrogen-bond donors (Lipinski definition) is 2. The molecule has 0 saturated carbocycles. The normalized spacial score (nSPS) is 12.2. The third-order valence-electron chi connectivity index (χ3n) is 3.62. The van der Waals surface area contributed by atoms with Gasteiger partial charge in [0.25, 0.3) is 0 Å². The molecule has 0 radical (unpaired) electrons. The van der Waals surface area contributed by atoms with Crippen molar-refractivity contribution in [1.29, 1.82) is 5.26 Å². The fraction of sp³-hybridized carbons (Fsp3) is 0.176. The highest BCUT2D eigenvalue weighted by atomic mass is 16.3. The van der Waals surface area contributed by atoms with E-state index in [9.17, 15) is 5.11 Å². The summed E-state index contributed by atoms with van der Waals surface area (Å²) in [5, 5.41) is 24.4. The Balaban J connectivity index is 2.13. The molecule has 5 nitrogen and oxygen atoms in total. The number of aliphatic hydroxyl groups is 1. The molecule has 3 aromatic rings. The van der Waals surface area contributed by atoms with Crippen LogP contribution in [0, 0.1) is 11.3 Å². The lowest BCUT2D eigenvalue weighted by Gasteiger charge is -2.04. The van der Waals surface area contributed by atoms with Gasteiger partial charge in [-0.15, -0.1) is 0 Å². The van der Waals surface area contributed by atoms with Gasteiger partial charge in [-0.2, -0.15) is 10.4 Å². The minimum atomic E-state index is -0.839. The van der Waals surface area contributed by atoms with Crippen LogP contribution >= 0.6 is 0 Å². The van der Waals surface area contributed by atoms with Gasteiger partial charge < -0.3 is 10.8 Å². The second-order valence-corrected chi connectivity index (χ2v) is 5.12. The van der Waals surface area contributed by atoms with Crippen molar-refractivity contribution in [3.05, 3.63) is 65.4 Å². The zero-order valence-electron chi connectivity index (χ0n) is 12.0. The van der Waals surface area contributed by atoms with Crippen LogP contribution < -0.4 is 5.73 Å². The molecule has 22 heavy (non-hydrogen) atoms. The highest BCUT2D eigenvalue weighted by molar-refractivity contribution is 5.84. The van der Waals surface area contributed by atoms with Crippen molar-refractivity contribution in [2.75, 3.05) is 6.54 Å². The average Bonchev–Trinajstić information content (AvgIpc) is 2.93. The van der Waals surface area contributed by atoms with E-state index in [1.807, 2.05) is 41.1 Å². The van der Waals surface area contributed by atoms with Gasteiger partial charge in [0.05, 0.1) is 23.7 Å². The van der Waals surface area contributed by atoms with E-state index in [1.165, 1.54) is 0 Å². The third-order valence-corrected chi connectivity index (χ3v) is 3.62. The van der Waals surface area contributed by atoms with Crippen molar-refractivity contribution < 1.29 is 5.11 Å². The van der Waals surface area contributed by atoms with E-state index < -0.39 is 6.10 Å². The summed E-state index contributed by atoms with van der Waals surface area (Å²) in [5.41, 5.74) is 8.62. The molecule has 1 unspecified atom stereocenters. The fourth-order valence-corrected chi connectivity index (χ4v) is 2.51. The van der Waals surface area contributed by atoms with Gasteiger partial charge in [-0.25, -0.2) is 0 Å². The smallest absolute Gasteiger partial charge is 0.111 e. The van der Waals surface area contributed by atoms with E-state index in [4.69, 9.17) is 11.0 Å². The first-order chi connectivity index (χ1) is 10.7. The summed E-state index contributed by atoms with van der Waals surface area (Å²) in [5.74, 6) is 0. The van der Waals surface area contributed by atoms with E-state index in [-0.39, 0.29) is 6.54 Å². The minimum Gasteiger partial charge on any atom is -0.385 e. The molecule has 0 aliphatic heterocycles. The molecule has 0 aliphatic carbocycles. The molecule has 5 heteroatoms. The van der Waals surface area contributed by atoms with Crippen molar-refractivity contribution in [3.8, 4) is 6.07 Å². The summed E-state index contributed by atoms with van der Waals surface area (Å²) >= 11 is 0. The van der Waals surface area contributed by atoms with Gasteiger partial charge in [-0.3, -0.25) is 4.68 Å². The van der Waals surface area contributed by atoms with Crippen molar-refractivity contribution in [2.24, 2.45) is 5.73 Å². The predicted octanol–water partition coefficient (Wildman–Crippen LogP) is 1.95. The Morgan fingerprint density at radius 1 is 1.23 bits per heavy atom. The summed E-state index contributed by atoms with van der Waals surface area (Å²) in [6.45, 7) is 0.689. The third kappa shape index (κ3) is 2.58. The quantitative estimate of drug-likeness (QED) is 0.769. The van der Waals surface area contributed by atoms with Crippen LogP contribution in [0.1, 0.15) is 22.9 Å². The molecule has 1 atom stereocenters. The van der Waals surface area contributed by atoms with Crippen molar-refractivity contribution in [1.82, 2.24) is 9.78 Å². The summed E-state index contributed by atoms with van der Waals surface area (Å²) in [7, 11) is 0. The lowest BCUT2D eigenvalue weighted by Crippen LogP contribution is -2.13. The van der Waals surface area contributed by atoms with Crippen LogP contribution in [0.15, 0.2) is 48.5 Å². The number of rotatable bonds is 4. The summed E-state index contributed by atoms with van der Waals surface area (Å²) in [4.78, 5) is 0. The van der Waals surface area contributed by atoms with E-state index >= 15 is 0 Å². The lowest BCUT2D eigenvalue weighted by atomic mass is 10.1. The second kappa shape index (κ2) is 5.98. The Bertz CT molecular complexity index is 833. The molecule has 1 aromatic heterocycles. The monoisotopic (exact) mass is 292 g/mol. The molecule has 2 aromatic carbocycles. The number of aromatic nitrogens is 2. The van der Waals surface area contributed by atoms with Gasteiger partial charge in [0.2, 0.25) is 0 Å². The van der Waals surface area contributed by atoms with Gasteiger partial charge >= 0.3 is 0 Å². The maximum absolute atomic E-state index is 10.1. The topological polar surface area (TPSA) is 87.9 Å². The SMILES string of the molecule is N#Cc1ccc2c(c1)c(C(O)CN)nn2Cc1ccccc1. The van der Waals surface area contributed by atoms with Crippen LogP contribution in [0.2, 0.25) is 0 Å². The zero-order chi connectivity index (χ0) is 15.5. The fourth-order valence-electron chi connectivity index (χ4n) is 2.51. The molecular formula is C17H16N4O. The maximum atomic E-state index is 10.1. The van der Waals surface area contributed by atoms with E-state index in [0.717, 1.165) is 16.5 Å². The first kappa shape index (κ1) is 14.3. The van der Waals surface area contributed by atoms with Gasteiger partial charge in [0.15, 0.2) is 0 Å². The van der Waals surface area contributed by atoms with Crippen LogP contribution in [-0.2, 0) is 6.54 Å². The van der Waals surface area contributed by atoms with E-state index in [0.29, 0.717) is 17.8 Å². The summed E-state index contributed by atoms with van der Waals surface area (Å²) in [6.07, 6.45) is -0.839. The van der Waals surface area contributed by atoms with Crippen molar-refractivity contribution in [3.63, 3.8) is 0 Å². The second-order valence-electron chi connectivity index (χ2n) is 5.12. The Morgan fingerprint density at radius 3 is 2.68 bits per heavy atom. The van der Waals surface area contributed by atoms with Crippen LogP contribution in [0.5, 0.6) is 0 Å². The largest absolute Gasteiger partial charge is 0.385 e. The van der Waals surface area contributed by atoms with Crippen LogP contribution in [0.4, 0.5) is 0 Å². The Kier molecular flexibility index (Phi) is 3.88. The predicted molar refractivity (Wildman–Crippen MR) is 84.0 cm³/mol. The van der Waals surface area contributed by atoms with Gasteiger partial charge in [-0.05, 0) is 23.8 Å². The average molecular weight is 292 g/mol. The van der Waals surface area contributed by atoms with Crippen LogP contribution in [0.3, 0.4) is 0 Å². The standard InChI is InChI=1S/C17H16N4O/c18-9-13-6-7-15-14(8-13)17(16(22)10-19)20-21(15)11-12-4-2-1-3-5-12/h1-8,16,22H,10-11,19H2. The molecule has 110 valence electrons. The Morgan fingerprint density at radius 2 is 2.00 bits per heavy atom. The Labute approximate surface area is 128 Å². The minimum absolute atomic E-state index is 0.0915. The number of nitriles is 1. The number of hydrogen-bond acceptors (Lipinski definition) is 4. The summed E-state index contributed by atoms with van der Waals surface area (Å²) < 4.78 is 1.83. The first-order valence-electron chi connectivity index (χ1n) is 7.05. The van der Waals surface area contributed by atoms with E-state index in [1.54, 1.807) is 12.1 Å². The Hall–Kier alpha value is -2.68. The number of aliphatic hydroxyl groups excluding tert-OH is 1. The first-order valence-corrected chi connectivity index (χ1v) is 7.05. The van der Waals surface area contributed by atoms with E-state index in [2.05, 4.69) is 11.2 Å². The molecule has 0 bridgehead atoms. The van der Waals surface area contributed by atoms with Crippen LogP contribution in [0.25, 0.3) is 10.9 Å². The molecule has 1 heterocycles. The van der Waals surface area contributed by atoms with Gasteiger partial charge in [-0.1, -0.05) is 30.3 Å². The number of nitrogens with zero attached hydrogens (tertiary/aromatic N) is 3. The number of nitrogens with two attached hydrogens (primary N) is 1. The number of fused-ring (bicyclic) bond motifs is 1. The molecule has 0 amide bonds. The van der Waals surface area contributed by atoms with Crippen molar-refractivity contribution in [2.45, 2.75) is 12.6 Å². The highest BCUT2D eigenvalue weighted by Gasteiger charge is 2.17. The molecule has 0 fully saturated rings. The number of benzene rings is 2. The zero-order valence-corrected chi connectivity index (χ0v) is 12.0. The lowest BCUT2D eigenvalue weighted by molar-refractivity contribution is 0.182. The van der Waals surface area contributed by atoms with Gasteiger partial charge in [0, 0.05) is 11.9 Å². The van der Waals surface area contributed by atoms with Crippen molar-refractivity contribution >= 4 is 10.9 Å². The molecule has 3 rings (SSSR count). The molecular weight excluding hydrogens is 276 g/mol.